The molecule has 1 aromatic carbocycles. The van der Waals surface area contributed by atoms with E-state index in [1.165, 1.54) is 22.1 Å². The lowest BCUT2D eigenvalue weighted by Crippen LogP contribution is -2.41. The van der Waals surface area contributed by atoms with Gasteiger partial charge in [-0.25, -0.2) is 0 Å². The first-order chi connectivity index (χ1) is 9.74. The third-order valence-electron chi connectivity index (χ3n) is 4.28. The van der Waals surface area contributed by atoms with Gasteiger partial charge in [-0.2, -0.15) is 0 Å². The summed E-state index contributed by atoms with van der Waals surface area (Å²) in [6, 6.07) is 9.12. The van der Waals surface area contributed by atoms with Gasteiger partial charge in [0, 0.05) is 11.3 Å². The molecule has 1 N–H and O–H groups in total. The van der Waals surface area contributed by atoms with Crippen LogP contribution in [0.5, 0.6) is 0 Å². The van der Waals surface area contributed by atoms with Gasteiger partial charge in [0.15, 0.2) is 0 Å². The number of benzene rings is 1. The minimum absolute atomic E-state index is 0.0759. The van der Waals surface area contributed by atoms with E-state index in [4.69, 9.17) is 4.74 Å². The Morgan fingerprint density at radius 3 is 3.05 bits per heavy atom. The second-order valence-corrected chi connectivity index (χ2v) is 6.75. The maximum Gasteiger partial charge on any atom is 0.0849 e. The second kappa shape index (κ2) is 5.84. The lowest BCUT2D eigenvalue weighted by atomic mass is 9.87. The average Bonchev–Trinajstić information content (AvgIpc) is 3.08. The standard InChI is InChI=1S/C17H23NOS/c1-3-10-18-16(17(2)9-5-11-19-17)14-7-4-6-13-8-12-20-15(13)14/h4,6-8,12,16,18H,3,5,9-11H2,1-2H3. The Bertz CT molecular complexity index is 571. The van der Waals surface area contributed by atoms with E-state index in [9.17, 15) is 0 Å². The van der Waals surface area contributed by atoms with Crippen LogP contribution in [-0.4, -0.2) is 18.8 Å². The van der Waals surface area contributed by atoms with Crippen molar-refractivity contribution in [1.82, 2.24) is 5.32 Å². The van der Waals surface area contributed by atoms with Gasteiger partial charge >= 0.3 is 0 Å². The Balaban J connectivity index is 2.02. The molecule has 0 spiro atoms. The largest absolute Gasteiger partial charge is 0.373 e. The van der Waals surface area contributed by atoms with Crippen molar-refractivity contribution in [3.63, 3.8) is 0 Å². The van der Waals surface area contributed by atoms with Crippen LogP contribution < -0.4 is 5.32 Å². The normalized spacial score (nSPS) is 24.3. The summed E-state index contributed by atoms with van der Waals surface area (Å²) in [4.78, 5) is 0. The van der Waals surface area contributed by atoms with Gasteiger partial charge in [-0.3, -0.25) is 0 Å². The molecule has 20 heavy (non-hydrogen) atoms. The van der Waals surface area contributed by atoms with Crippen LogP contribution in [0.25, 0.3) is 10.1 Å². The molecule has 2 aromatic rings. The Hall–Kier alpha value is -0.900. The van der Waals surface area contributed by atoms with Crippen LogP contribution in [0, 0.1) is 0 Å². The fourth-order valence-electron chi connectivity index (χ4n) is 3.22. The van der Waals surface area contributed by atoms with Crippen LogP contribution in [0.4, 0.5) is 0 Å². The van der Waals surface area contributed by atoms with Crippen molar-refractivity contribution >= 4 is 21.4 Å². The molecular weight excluding hydrogens is 266 g/mol. The molecule has 2 heterocycles. The molecule has 2 unspecified atom stereocenters. The quantitative estimate of drug-likeness (QED) is 0.874. The number of hydrogen-bond donors (Lipinski definition) is 1. The molecule has 2 nitrogen and oxygen atoms in total. The second-order valence-electron chi connectivity index (χ2n) is 5.84. The Morgan fingerprint density at radius 1 is 1.40 bits per heavy atom. The predicted molar refractivity (Wildman–Crippen MR) is 86.5 cm³/mol. The highest BCUT2D eigenvalue weighted by atomic mass is 32.1. The van der Waals surface area contributed by atoms with Crippen LogP contribution in [0.2, 0.25) is 0 Å². The Labute approximate surface area is 125 Å². The number of hydrogen-bond acceptors (Lipinski definition) is 3. The zero-order valence-corrected chi connectivity index (χ0v) is 13.1. The van der Waals surface area contributed by atoms with Crippen molar-refractivity contribution in [2.24, 2.45) is 0 Å². The highest BCUT2D eigenvalue weighted by Gasteiger charge is 2.39. The van der Waals surface area contributed by atoms with Gasteiger partial charge < -0.3 is 10.1 Å². The molecule has 2 atom stereocenters. The molecule has 108 valence electrons. The molecule has 0 radical (unpaired) electrons. The summed E-state index contributed by atoms with van der Waals surface area (Å²) in [5.41, 5.74) is 1.32. The SMILES string of the molecule is CCCNC(c1cccc2ccsc12)C1(C)CCCO1. The first kappa shape index (κ1) is 14.1. The van der Waals surface area contributed by atoms with Crippen molar-refractivity contribution in [3.8, 4) is 0 Å². The number of thiophene rings is 1. The highest BCUT2D eigenvalue weighted by molar-refractivity contribution is 7.17. The zero-order valence-electron chi connectivity index (χ0n) is 12.3. The molecule has 0 bridgehead atoms. The summed E-state index contributed by atoms with van der Waals surface area (Å²) in [6.45, 7) is 6.40. The minimum atomic E-state index is -0.0759. The van der Waals surface area contributed by atoms with Crippen LogP contribution in [0.3, 0.4) is 0 Å². The maximum absolute atomic E-state index is 6.12. The average molecular weight is 289 g/mol. The van der Waals surface area contributed by atoms with E-state index in [2.05, 4.69) is 48.8 Å². The van der Waals surface area contributed by atoms with E-state index in [1.54, 1.807) is 0 Å². The molecular formula is C17H23NOS. The topological polar surface area (TPSA) is 21.3 Å². The predicted octanol–water partition coefficient (Wildman–Crippen LogP) is 4.51. The summed E-state index contributed by atoms with van der Waals surface area (Å²) in [5.74, 6) is 0. The number of nitrogens with one attached hydrogen (secondary N) is 1. The summed E-state index contributed by atoms with van der Waals surface area (Å²) in [6.07, 6.45) is 3.45. The summed E-state index contributed by atoms with van der Waals surface area (Å²) >= 11 is 1.84. The number of ether oxygens (including phenoxy) is 1. The summed E-state index contributed by atoms with van der Waals surface area (Å²) in [7, 11) is 0. The van der Waals surface area contributed by atoms with Gasteiger partial charge in [0.1, 0.15) is 0 Å². The molecule has 3 rings (SSSR count). The molecule has 0 aliphatic carbocycles. The Kier molecular flexibility index (Phi) is 4.11. The smallest absolute Gasteiger partial charge is 0.0849 e. The van der Waals surface area contributed by atoms with Gasteiger partial charge in [-0.1, -0.05) is 25.1 Å². The first-order valence-corrected chi connectivity index (χ1v) is 8.46. The number of rotatable bonds is 5. The van der Waals surface area contributed by atoms with Crippen molar-refractivity contribution in [1.29, 1.82) is 0 Å². The molecule has 1 aromatic heterocycles. The number of fused-ring (bicyclic) bond motifs is 1. The summed E-state index contributed by atoms with van der Waals surface area (Å²) < 4.78 is 7.52. The van der Waals surface area contributed by atoms with Crippen molar-refractivity contribution in [2.45, 2.75) is 44.8 Å². The van der Waals surface area contributed by atoms with Gasteiger partial charge in [-0.05, 0) is 55.1 Å². The molecule has 0 saturated carbocycles. The first-order valence-electron chi connectivity index (χ1n) is 7.58. The molecule has 1 aliphatic rings. The van der Waals surface area contributed by atoms with Crippen LogP contribution >= 0.6 is 11.3 Å². The fraction of sp³-hybridized carbons (Fsp3) is 0.529. The highest BCUT2D eigenvalue weighted by Crippen LogP contribution is 2.40. The van der Waals surface area contributed by atoms with Gasteiger partial charge in [0.05, 0.1) is 11.6 Å². The van der Waals surface area contributed by atoms with E-state index >= 15 is 0 Å². The van der Waals surface area contributed by atoms with Gasteiger partial charge in [0.2, 0.25) is 0 Å². The maximum atomic E-state index is 6.12. The van der Waals surface area contributed by atoms with Gasteiger partial charge in [0.25, 0.3) is 0 Å². The summed E-state index contributed by atoms with van der Waals surface area (Å²) in [5, 5.41) is 7.26. The van der Waals surface area contributed by atoms with E-state index in [-0.39, 0.29) is 11.6 Å². The molecule has 1 fully saturated rings. The van der Waals surface area contributed by atoms with E-state index < -0.39 is 0 Å². The minimum Gasteiger partial charge on any atom is -0.373 e. The van der Waals surface area contributed by atoms with E-state index in [1.807, 2.05) is 11.3 Å². The molecule has 1 aliphatic heterocycles. The van der Waals surface area contributed by atoms with Gasteiger partial charge in [-0.15, -0.1) is 11.3 Å². The lowest BCUT2D eigenvalue weighted by molar-refractivity contribution is -0.0120. The Morgan fingerprint density at radius 2 is 2.30 bits per heavy atom. The van der Waals surface area contributed by atoms with Crippen LogP contribution in [0.1, 0.15) is 44.7 Å². The monoisotopic (exact) mass is 289 g/mol. The molecule has 1 saturated heterocycles. The van der Waals surface area contributed by atoms with E-state index in [0.717, 1.165) is 26.0 Å². The van der Waals surface area contributed by atoms with E-state index in [0.29, 0.717) is 0 Å². The van der Waals surface area contributed by atoms with Crippen molar-refractivity contribution < 1.29 is 4.74 Å². The third-order valence-corrected chi connectivity index (χ3v) is 5.26. The zero-order chi connectivity index (χ0) is 14.0. The third kappa shape index (κ3) is 2.50. The fourth-order valence-corrected chi connectivity index (χ4v) is 4.16. The van der Waals surface area contributed by atoms with Crippen LogP contribution in [-0.2, 0) is 4.74 Å². The van der Waals surface area contributed by atoms with Crippen molar-refractivity contribution in [2.75, 3.05) is 13.2 Å². The molecule has 0 amide bonds. The van der Waals surface area contributed by atoms with Crippen LogP contribution in [0.15, 0.2) is 29.6 Å². The van der Waals surface area contributed by atoms with Crippen molar-refractivity contribution in [3.05, 3.63) is 35.2 Å². The molecule has 3 heteroatoms. The lowest BCUT2D eigenvalue weighted by Gasteiger charge is -2.35.